The lowest BCUT2D eigenvalue weighted by molar-refractivity contribution is -0.124. The number of hydrogen-bond donors (Lipinski definition) is 2. The van der Waals surface area contributed by atoms with E-state index in [1.54, 1.807) is 7.11 Å². The highest BCUT2D eigenvalue weighted by molar-refractivity contribution is 5.81. The second kappa shape index (κ2) is 6.08. The van der Waals surface area contributed by atoms with Crippen LogP contribution in [-0.2, 0) is 9.53 Å². The molecule has 1 amide bonds. The van der Waals surface area contributed by atoms with Crippen LogP contribution in [0.2, 0.25) is 0 Å². The van der Waals surface area contributed by atoms with Crippen molar-refractivity contribution in [2.75, 3.05) is 13.7 Å². The fourth-order valence-corrected chi connectivity index (χ4v) is 1.80. The maximum absolute atomic E-state index is 11.7. The molecule has 0 aromatic heterocycles. The molecule has 4 nitrogen and oxygen atoms in total. The number of rotatable bonds is 4. The summed E-state index contributed by atoms with van der Waals surface area (Å²) >= 11 is 0. The highest BCUT2D eigenvalue weighted by Gasteiger charge is 2.23. The average molecular weight is 214 g/mol. The Labute approximate surface area is 91.8 Å². The Bertz CT molecular complexity index is 209. The number of amides is 1. The van der Waals surface area contributed by atoms with Crippen LogP contribution < -0.4 is 10.6 Å². The van der Waals surface area contributed by atoms with E-state index < -0.39 is 0 Å². The largest absolute Gasteiger partial charge is 0.380 e. The van der Waals surface area contributed by atoms with Gasteiger partial charge in [-0.2, -0.15) is 0 Å². The molecule has 88 valence electrons. The number of hydrogen-bond acceptors (Lipinski definition) is 3. The SMILES string of the molecule is COC(C)CNC(=O)C1CCCC(C)N1. The van der Waals surface area contributed by atoms with Crippen molar-refractivity contribution in [1.29, 1.82) is 0 Å². The first kappa shape index (κ1) is 12.5. The van der Waals surface area contributed by atoms with Gasteiger partial charge < -0.3 is 15.4 Å². The van der Waals surface area contributed by atoms with E-state index in [4.69, 9.17) is 4.74 Å². The van der Waals surface area contributed by atoms with Gasteiger partial charge in [-0.1, -0.05) is 0 Å². The number of carbonyl (C=O) groups is 1. The van der Waals surface area contributed by atoms with Gasteiger partial charge in [0.05, 0.1) is 12.1 Å². The van der Waals surface area contributed by atoms with E-state index in [2.05, 4.69) is 17.6 Å². The van der Waals surface area contributed by atoms with Crippen molar-refractivity contribution in [3.8, 4) is 0 Å². The smallest absolute Gasteiger partial charge is 0.237 e. The average Bonchev–Trinajstić information content (AvgIpc) is 2.25. The first-order chi connectivity index (χ1) is 7.13. The Morgan fingerprint density at radius 2 is 2.33 bits per heavy atom. The monoisotopic (exact) mass is 214 g/mol. The highest BCUT2D eigenvalue weighted by Crippen LogP contribution is 2.12. The van der Waals surface area contributed by atoms with E-state index >= 15 is 0 Å². The summed E-state index contributed by atoms with van der Waals surface area (Å²) in [5, 5.41) is 6.20. The molecule has 1 heterocycles. The molecule has 0 aromatic carbocycles. The van der Waals surface area contributed by atoms with Gasteiger partial charge in [-0.25, -0.2) is 0 Å². The number of ether oxygens (including phenoxy) is 1. The van der Waals surface area contributed by atoms with Gasteiger partial charge in [0.25, 0.3) is 0 Å². The van der Waals surface area contributed by atoms with E-state index in [1.165, 1.54) is 0 Å². The summed E-state index contributed by atoms with van der Waals surface area (Å²) in [6, 6.07) is 0.437. The molecule has 0 aliphatic carbocycles. The van der Waals surface area contributed by atoms with Gasteiger partial charge in [-0.3, -0.25) is 4.79 Å². The predicted octanol–water partition coefficient (Wildman–Crippen LogP) is 0.668. The Hall–Kier alpha value is -0.610. The van der Waals surface area contributed by atoms with E-state index in [0.29, 0.717) is 12.6 Å². The van der Waals surface area contributed by atoms with Crippen molar-refractivity contribution in [1.82, 2.24) is 10.6 Å². The van der Waals surface area contributed by atoms with Gasteiger partial charge in [0.2, 0.25) is 5.91 Å². The van der Waals surface area contributed by atoms with Gasteiger partial charge in [0.15, 0.2) is 0 Å². The van der Waals surface area contributed by atoms with Crippen LogP contribution in [0.3, 0.4) is 0 Å². The number of nitrogens with one attached hydrogen (secondary N) is 2. The maximum Gasteiger partial charge on any atom is 0.237 e. The maximum atomic E-state index is 11.7. The second-order valence-electron chi connectivity index (χ2n) is 4.34. The van der Waals surface area contributed by atoms with Crippen molar-refractivity contribution in [3.05, 3.63) is 0 Å². The Morgan fingerprint density at radius 1 is 1.60 bits per heavy atom. The van der Waals surface area contributed by atoms with Crippen LogP contribution in [0, 0.1) is 0 Å². The lowest BCUT2D eigenvalue weighted by Gasteiger charge is -2.28. The zero-order valence-electron chi connectivity index (χ0n) is 9.88. The summed E-state index contributed by atoms with van der Waals surface area (Å²) in [6.45, 7) is 4.65. The van der Waals surface area contributed by atoms with Gasteiger partial charge in [0.1, 0.15) is 0 Å². The number of carbonyl (C=O) groups excluding carboxylic acids is 1. The molecule has 2 N–H and O–H groups in total. The molecular weight excluding hydrogens is 192 g/mol. The molecule has 1 fully saturated rings. The van der Waals surface area contributed by atoms with Crippen molar-refractivity contribution >= 4 is 5.91 Å². The molecule has 0 radical (unpaired) electrons. The van der Waals surface area contributed by atoms with Crippen molar-refractivity contribution < 1.29 is 9.53 Å². The van der Waals surface area contributed by atoms with Gasteiger partial charge in [-0.15, -0.1) is 0 Å². The first-order valence-corrected chi connectivity index (χ1v) is 5.70. The quantitative estimate of drug-likeness (QED) is 0.723. The summed E-state index contributed by atoms with van der Waals surface area (Å²) in [7, 11) is 1.65. The fraction of sp³-hybridized carbons (Fsp3) is 0.909. The van der Waals surface area contributed by atoms with E-state index in [1.807, 2.05) is 6.92 Å². The fourth-order valence-electron chi connectivity index (χ4n) is 1.80. The molecule has 1 aliphatic rings. The van der Waals surface area contributed by atoms with Gasteiger partial charge in [0, 0.05) is 19.7 Å². The van der Waals surface area contributed by atoms with Crippen LogP contribution >= 0.6 is 0 Å². The summed E-state index contributed by atoms with van der Waals surface area (Å²) in [4.78, 5) is 11.7. The minimum Gasteiger partial charge on any atom is -0.380 e. The molecule has 1 aliphatic heterocycles. The molecule has 3 atom stereocenters. The zero-order chi connectivity index (χ0) is 11.3. The van der Waals surface area contributed by atoms with Gasteiger partial charge >= 0.3 is 0 Å². The summed E-state index contributed by atoms with van der Waals surface area (Å²) in [6.07, 6.45) is 3.32. The lowest BCUT2D eigenvalue weighted by atomic mass is 9.99. The highest BCUT2D eigenvalue weighted by atomic mass is 16.5. The lowest BCUT2D eigenvalue weighted by Crippen LogP contribution is -2.51. The summed E-state index contributed by atoms with van der Waals surface area (Å²) in [5.74, 6) is 0.102. The third-order valence-electron chi connectivity index (χ3n) is 2.90. The standard InChI is InChI=1S/C11H22N2O2/c1-8-5-4-6-10(13-8)11(14)12-7-9(2)15-3/h8-10,13H,4-7H2,1-3H3,(H,12,14). The van der Waals surface area contributed by atoms with Crippen LogP contribution in [0.4, 0.5) is 0 Å². The molecule has 4 heteroatoms. The first-order valence-electron chi connectivity index (χ1n) is 5.70. The summed E-state index contributed by atoms with van der Waals surface area (Å²) < 4.78 is 5.07. The van der Waals surface area contributed by atoms with Crippen molar-refractivity contribution in [3.63, 3.8) is 0 Å². The van der Waals surface area contributed by atoms with Crippen molar-refractivity contribution in [2.24, 2.45) is 0 Å². The minimum atomic E-state index is -0.0159. The third kappa shape index (κ3) is 4.18. The topological polar surface area (TPSA) is 50.4 Å². The van der Waals surface area contributed by atoms with Crippen LogP contribution in [0.25, 0.3) is 0 Å². The molecule has 0 spiro atoms. The molecule has 1 saturated heterocycles. The molecule has 15 heavy (non-hydrogen) atoms. The Kier molecular flexibility index (Phi) is 5.05. The van der Waals surface area contributed by atoms with Crippen LogP contribution in [0.5, 0.6) is 0 Å². The molecular formula is C11H22N2O2. The Balaban J connectivity index is 2.26. The summed E-state index contributed by atoms with van der Waals surface area (Å²) in [5.41, 5.74) is 0. The van der Waals surface area contributed by atoms with Crippen LogP contribution in [0.1, 0.15) is 33.1 Å². The van der Waals surface area contributed by atoms with Crippen molar-refractivity contribution in [2.45, 2.75) is 51.3 Å². The van der Waals surface area contributed by atoms with Crippen LogP contribution in [-0.4, -0.2) is 37.7 Å². The molecule has 1 rings (SSSR count). The van der Waals surface area contributed by atoms with E-state index in [9.17, 15) is 4.79 Å². The number of piperidine rings is 1. The normalized spacial score (nSPS) is 28.5. The van der Waals surface area contributed by atoms with E-state index in [-0.39, 0.29) is 18.1 Å². The molecule has 3 unspecified atom stereocenters. The van der Waals surface area contributed by atoms with E-state index in [0.717, 1.165) is 19.3 Å². The van der Waals surface area contributed by atoms with Crippen LogP contribution in [0.15, 0.2) is 0 Å². The molecule has 0 bridgehead atoms. The molecule has 0 aromatic rings. The molecule has 0 saturated carbocycles. The minimum absolute atomic E-state index is 0.0159. The third-order valence-corrected chi connectivity index (χ3v) is 2.90. The second-order valence-corrected chi connectivity index (χ2v) is 4.34. The number of methoxy groups -OCH3 is 1. The van der Waals surface area contributed by atoms with Gasteiger partial charge in [-0.05, 0) is 33.1 Å². The Morgan fingerprint density at radius 3 is 2.93 bits per heavy atom. The zero-order valence-corrected chi connectivity index (χ0v) is 9.88. The predicted molar refractivity (Wildman–Crippen MR) is 59.7 cm³/mol.